The Balaban J connectivity index is 1.94. The Hall–Kier alpha value is -1.73. The van der Waals surface area contributed by atoms with Crippen LogP contribution in [0.4, 0.5) is 5.69 Å². The number of hydrogen-bond donors (Lipinski definition) is 2. The lowest BCUT2D eigenvalue weighted by Gasteiger charge is -2.06. The monoisotopic (exact) mass is 321 g/mol. The molecule has 2 aromatic rings. The minimum atomic E-state index is -0.210. The van der Waals surface area contributed by atoms with E-state index >= 15 is 0 Å². The van der Waals surface area contributed by atoms with Crippen LogP contribution in [0, 0.1) is 6.92 Å². The molecule has 1 amide bonds. The molecule has 1 aromatic carbocycles. The van der Waals surface area contributed by atoms with Crippen LogP contribution in [0.3, 0.4) is 0 Å². The van der Waals surface area contributed by atoms with E-state index < -0.39 is 0 Å². The van der Waals surface area contributed by atoms with Crippen molar-refractivity contribution in [2.24, 2.45) is 0 Å². The van der Waals surface area contributed by atoms with Gasteiger partial charge in [-0.15, -0.1) is 11.8 Å². The van der Waals surface area contributed by atoms with E-state index in [2.05, 4.69) is 15.3 Å². The highest BCUT2D eigenvalue weighted by Gasteiger charge is 2.06. The first-order valence-corrected chi connectivity index (χ1v) is 8.42. The number of carbonyl (C=O) groups is 1. The molecule has 1 aromatic heterocycles. The van der Waals surface area contributed by atoms with Gasteiger partial charge in [-0.25, -0.2) is 4.98 Å². The van der Waals surface area contributed by atoms with Crippen LogP contribution in [0.15, 0.2) is 45.2 Å². The summed E-state index contributed by atoms with van der Waals surface area (Å²) in [7, 11) is 0. The largest absolute Gasteiger partial charge is 0.325 e. The predicted octanol–water partition coefficient (Wildman–Crippen LogP) is 2.53. The molecule has 0 aliphatic rings. The minimum absolute atomic E-state index is 0.137. The van der Waals surface area contributed by atoms with Crippen LogP contribution < -0.4 is 10.9 Å². The molecule has 0 saturated heterocycles. The molecule has 0 atom stereocenters. The fourth-order valence-electron chi connectivity index (χ4n) is 1.65. The van der Waals surface area contributed by atoms with Gasteiger partial charge < -0.3 is 10.3 Å². The normalized spacial score (nSPS) is 10.4. The standard InChI is InChI=1S/C14H15N3O2S2/c1-9-6-12(18)17-14(15-9)21-8-13(19)16-10-4-3-5-11(7-10)20-2/h3-7H,8H2,1-2H3,(H,16,19)(H,15,17,18). The van der Waals surface area contributed by atoms with Crippen LogP contribution >= 0.6 is 23.5 Å². The van der Waals surface area contributed by atoms with Gasteiger partial charge in [0.1, 0.15) is 0 Å². The average Bonchev–Trinajstić information content (AvgIpc) is 2.44. The highest BCUT2D eigenvalue weighted by Crippen LogP contribution is 2.19. The van der Waals surface area contributed by atoms with E-state index in [0.717, 1.165) is 10.6 Å². The third kappa shape index (κ3) is 4.95. The van der Waals surface area contributed by atoms with E-state index in [4.69, 9.17) is 0 Å². The number of hydrogen-bond acceptors (Lipinski definition) is 5. The second-order valence-corrected chi connectivity index (χ2v) is 6.10. The topological polar surface area (TPSA) is 74.8 Å². The molecule has 0 spiro atoms. The van der Waals surface area contributed by atoms with Crippen molar-refractivity contribution in [2.75, 3.05) is 17.3 Å². The number of nitrogens with one attached hydrogen (secondary N) is 2. The molecule has 2 rings (SSSR count). The molecule has 110 valence electrons. The van der Waals surface area contributed by atoms with Crippen LogP contribution in [0.25, 0.3) is 0 Å². The molecule has 0 saturated carbocycles. The van der Waals surface area contributed by atoms with E-state index in [0.29, 0.717) is 10.9 Å². The van der Waals surface area contributed by atoms with Crippen LogP contribution in [-0.2, 0) is 4.79 Å². The number of thioether (sulfide) groups is 2. The van der Waals surface area contributed by atoms with Gasteiger partial charge in [0, 0.05) is 22.3 Å². The maximum absolute atomic E-state index is 11.9. The fraction of sp³-hybridized carbons (Fsp3) is 0.214. The molecular formula is C14H15N3O2S2. The van der Waals surface area contributed by atoms with Crippen LogP contribution in [0.1, 0.15) is 5.69 Å². The molecule has 0 fully saturated rings. The van der Waals surface area contributed by atoms with Gasteiger partial charge in [-0.2, -0.15) is 0 Å². The molecular weight excluding hydrogens is 306 g/mol. The summed E-state index contributed by atoms with van der Waals surface area (Å²) in [4.78, 5) is 31.1. The van der Waals surface area contributed by atoms with E-state index in [1.165, 1.54) is 17.8 Å². The number of nitrogens with zero attached hydrogens (tertiary/aromatic N) is 1. The molecule has 7 heteroatoms. The Morgan fingerprint density at radius 3 is 2.90 bits per heavy atom. The van der Waals surface area contributed by atoms with Crippen LogP contribution in [0.2, 0.25) is 0 Å². The lowest BCUT2D eigenvalue weighted by molar-refractivity contribution is -0.113. The Morgan fingerprint density at radius 2 is 2.19 bits per heavy atom. The van der Waals surface area contributed by atoms with Crippen molar-refractivity contribution in [2.45, 2.75) is 17.0 Å². The first-order valence-electron chi connectivity index (χ1n) is 6.21. The second kappa shape index (κ2) is 7.33. The summed E-state index contributed by atoms with van der Waals surface area (Å²) in [6, 6.07) is 9.05. The van der Waals surface area contributed by atoms with Crippen molar-refractivity contribution < 1.29 is 4.79 Å². The molecule has 0 radical (unpaired) electrons. The molecule has 2 N–H and O–H groups in total. The number of carbonyl (C=O) groups excluding carboxylic acids is 1. The number of aromatic amines is 1. The quantitative estimate of drug-likeness (QED) is 0.654. The number of aryl methyl sites for hydroxylation is 1. The Bertz CT molecular complexity index is 701. The average molecular weight is 321 g/mol. The number of amides is 1. The summed E-state index contributed by atoms with van der Waals surface area (Å²) >= 11 is 2.82. The van der Waals surface area contributed by atoms with Gasteiger partial charge in [-0.05, 0) is 31.4 Å². The Morgan fingerprint density at radius 1 is 1.38 bits per heavy atom. The first-order chi connectivity index (χ1) is 10.1. The summed E-state index contributed by atoms with van der Waals surface area (Å²) in [6.07, 6.45) is 1.98. The van der Waals surface area contributed by atoms with Crippen LogP contribution in [0.5, 0.6) is 0 Å². The molecule has 0 bridgehead atoms. The lowest BCUT2D eigenvalue weighted by Crippen LogP contribution is -2.15. The number of aromatic nitrogens is 2. The third-order valence-corrected chi connectivity index (χ3v) is 4.14. The third-order valence-electron chi connectivity index (χ3n) is 2.54. The smallest absolute Gasteiger partial charge is 0.251 e. The summed E-state index contributed by atoms with van der Waals surface area (Å²) in [5.41, 5.74) is 1.19. The van der Waals surface area contributed by atoms with Gasteiger partial charge in [0.2, 0.25) is 5.91 Å². The number of anilines is 1. The SMILES string of the molecule is CSc1cccc(NC(=O)CSc2nc(C)cc(=O)[nH]2)c1. The second-order valence-electron chi connectivity index (χ2n) is 4.26. The van der Waals surface area contributed by atoms with Gasteiger partial charge in [0.25, 0.3) is 5.56 Å². The highest BCUT2D eigenvalue weighted by molar-refractivity contribution is 7.99. The van der Waals surface area contributed by atoms with Crippen molar-refractivity contribution >= 4 is 35.1 Å². The molecule has 1 heterocycles. The van der Waals surface area contributed by atoms with Gasteiger partial charge in [0.05, 0.1) is 5.75 Å². The van der Waals surface area contributed by atoms with E-state index in [-0.39, 0.29) is 17.2 Å². The molecule has 0 unspecified atom stereocenters. The van der Waals surface area contributed by atoms with E-state index in [1.807, 2.05) is 30.5 Å². The summed E-state index contributed by atoms with van der Waals surface area (Å²) in [5, 5.41) is 3.28. The maximum atomic E-state index is 11.9. The van der Waals surface area contributed by atoms with Crippen molar-refractivity contribution in [1.29, 1.82) is 0 Å². The zero-order chi connectivity index (χ0) is 15.2. The van der Waals surface area contributed by atoms with Gasteiger partial charge >= 0.3 is 0 Å². The van der Waals surface area contributed by atoms with Crippen molar-refractivity contribution in [3.8, 4) is 0 Å². The fourth-order valence-corrected chi connectivity index (χ4v) is 2.83. The Kier molecular flexibility index (Phi) is 5.46. The summed E-state index contributed by atoms with van der Waals surface area (Å²) < 4.78 is 0. The summed E-state index contributed by atoms with van der Waals surface area (Å²) in [5.74, 6) is 0.0537. The molecule has 5 nitrogen and oxygen atoms in total. The zero-order valence-electron chi connectivity index (χ0n) is 11.7. The Labute approximate surface area is 131 Å². The zero-order valence-corrected chi connectivity index (χ0v) is 13.3. The van der Waals surface area contributed by atoms with Crippen molar-refractivity contribution in [3.05, 3.63) is 46.4 Å². The molecule has 0 aliphatic heterocycles. The molecule has 21 heavy (non-hydrogen) atoms. The number of H-pyrrole nitrogens is 1. The number of rotatable bonds is 5. The van der Waals surface area contributed by atoms with Crippen molar-refractivity contribution in [3.63, 3.8) is 0 Å². The van der Waals surface area contributed by atoms with Gasteiger partial charge in [-0.3, -0.25) is 9.59 Å². The molecule has 0 aliphatic carbocycles. The van der Waals surface area contributed by atoms with Crippen LogP contribution in [-0.4, -0.2) is 27.9 Å². The highest BCUT2D eigenvalue weighted by atomic mass is 32.2. The van der Waals surface area contributed by atoms with Crippen molar-refractivity contribution in [1.82, 2.24) is 9.97 Å². The number of benzene rings is 1. The van der Waals surface area contributed by atoms with E-state index in [1.54, 1.807) is 18.7 Å². The first kappa shape index (κ1) is 15.7. The van der Waals surface area contributed by atoms with Gasteiger partial charge in [-0.1, -0.05) is 17.8 Å². The minimum Gasteiger partial charge on any atom is -0.325 e. The lowest BCUT2D eigenvalue weighted by atomic mass is 10.3. The predicted molar refractivity (Wildman–Crippen MR) is 87.2 cm³/mol. The maximum Gasteiger partial charge on any atom is 0.251 e. The van der Waals surface area contributed by atoms with E-state index in [9.17, 15) is 9.59 Å². The summed E-state index contributed by atoms with van der Waals surface area (Å²) in [6.45, 7) is 1.74. The van der Waals surface area contributed by atoms with Gasteiger partial charge in [0.15, 0.2) is 5.16 Å².